The molecule has 0 amide bonds. The summed E-state index contributed by atoms with van der Waals surface area (Å²) >= 11 is 6.10. The van der Waals surface area contributed by atoms with Gasteiger partial charge in [0, 0.05) is 26.1 Å². The van der Waals surface area contributed by atoms with Gasteiger partial charge in [0.05, 0.1) is 33.5 Å². The molecule has 2 aromatic carbocycles. The minimum atomic E-state index is -0.554. The third-order valence-corrected chi connectivity index (χ3v) is 5.95. The lowest BCUT2D eigenvalue weighted by Crippen LogP contribution is -2.40. The second-order valence-electron chi connectivity index (χ2n) is 7.55. The summed E-state index contributed by atoms with van der Waals surface area (Å²) in [5, 5.41) is 0. The topological polar surface area (TPSA) is 61.7 Å². The molecule has 1 atom stereocenters. The highest BCUT2D eigenvalue weighted by atomic mass is 35.5. The fourth-order valence-electron chi connectivity index (χ4n) is 4.18. The number of para-hydroxylation sites is 3. The summed E-state index contributed by atoms with van der Waals surface area (Å²) in [5.74, 6) is 2.22. The smallest absolute Gasteiger partial charge is 0.124 e. The second-order valence-corrected chi connectivity index (χ2v) is 7.82. The number of fused-ring (bicyclic) bond motifs is 2. The van der Waals surface area contributed by atoms with Gasteiger partial charge in [-0.3, -0.25) is 0 Å². The minimum Gasteiger partial charge on any atom is -0.331 e. The zero-order valence-corrected chi connectivity index (χ0v) is 17.4. The van der Waals surface area contributed by atoms with Gasteiger partial charge in [-0.1, -0.05) is 37.6 Å². The Morgan fingerprint density at radius 3 is 2.39 bits per heavy atom. The van der Waals surface area contributed by atoms with Gasteiger partial charge in [-0.15, -0.1) is 11.6 Å². The van der Waals surface area contributed by atoms with Gasteiger partial charge in [0.25, 0.3) is 0 Å². The average Bonchev–Trinajstić information content (AvgIpc) is 3.19. The first-order valence-electron chi connectivity index (χ1n) is 9.68. The Labute approximate surface area is 170 Å². The van der Waals surface area contributed by atoms with Crippen LogP contribution in [0.4, 0.5) is 0 Å². The number of alkyl halides is 1. The predicted octanol–water partition coefficient (Wildman–Crippen LogP) is 4.40. The molecular weight excluding hydrogens is 370 g/mol. The molecule has 0 aliphatic rings. The maximum absolute atomic E-state index is 7.08. The summed E-state index contributed by atoms with van der Waals surface area (Å²) in [5.41, 5.74) is 11.7. The van der Waals surface area contributed by atoms with Crippen molar-refractivity contribution < 1.29 is 0 Å². The molecule has 2 heterocycles. The number of halogens is 1. The van der Waals surface area contributed by atoms with Gasteiger partial charge in [-0.05, 0) is 24.6 Å². The van der Waals surface area contributed by atoms with Gasteiger partial charge in [-0.2, -0.15) is 0 Å². The standard InChI is InChI=1S/C22H26ClN5/c1-4-12-22(24,13-19-25-16-9-5-6-10-17(16)27(19)2)15-8-7-11-18-21(15)26-20(14-23)28(18)3/h5-11H,4,12-14,24H2,1-3H3. The summed E-state index contributed by atoms with van der Waals surface area (Å²) in [6, 6.07) is 14.4. The number of aryl methyl sites for hydroxylation is 2. The zero-order valence-electron chi connectivity index (χ0n) is 16.6. The van der Waals surface area contributed by atoms with Crippen molar-refractivity contribution in [2.45, 2.75) is 37.6 Å². The van der Waals surface area contributed by atoms with E-state index in [4.69, 9.17) is 27.3 Å². The molecule has 6 heteroatoms. The number of nitrogens with two attached hydrogens (primary N) is 1. The van der Waals surface area contributed by atoms with E-state index in [0.717, 1.165) is 52.1 Å². The normalized spacial score (nSPS) is 14.0. The Hall–Kier alpha value is -2.37. The first-order valence-corrected chi connectivity index (χ1v) is 10.2. The Kier molecular flexibility index (Phi) is 4.89. The van der Waals surface area contributed by atoms with E-state index in [0.29, 0.717) is 12.3 Å². The van der Waals surface area contributed by atoms with Crippen molar-refractivity contribution in [1.29, 1.82) is 0 Å². The lowest BCUT2D eigenvalue weighted by atomic mass is 9.82. The molecule has 28 heavy (non-hydrogen) atoms. The highest BCUT2D eigenvalue weighted by molar-refractivity contribution is 6.16. The molecule has 146 valence electrons. The van der Waals surface area contributed by atoms with E-state index in [2.05, 4.69) is 42.8 Å². The summed E-state index contributed by atoms with van der Waals surface area (Å²) in [6.45, 7) is 2.17. The molecule has 0 saturated heterocycles. The van der Waals surface area contributed by atoms with Crippen molar-refractivity contribution in [1.82, 2.24) is 19.1 Å². The number of hydrogen-bond acceptors (Lipinski definition) is 3. The average molecular weight is 396 g/mol. The third kappa shape index (κ3) is 2.99. The van der Waals surface area contributed by atoms with E-state index in [1.54, 1.807) is 0 Å². The molecule has 2 N–H and O–H groups in total. The van der Waals surface area contributed by atoms with E-state index < -0.39 is 5.54 Å². The Morgan fingerprint density at radius 1 is 0.964 bits per heavy atom. The molecular formula is C22H26ClN5. The Bertz CT molecular complexity index is 1140. The fourth-order valence-corrected chi connectivity index (χ4v) is 4.42. The predicted molar refractivity (Wildman–Crippen MR) is 115 cm³/mol. The molecule has 4 rings (SSSR count). The van der Waals surface area contributed by atoms with Crippen LogP contribution in [0.15, 0.2) is 42.5 Å². The first-order chi connectivity index (χ1) is 13.5. The molecule has 0 radical (unpaired) electrons. The van der Waals surface area contributed by atoms with Crippen molar-refractivity contribution in [3.63, 3.8) is 0 Å². The van der Waals surface area contributed by atoms with E-state index in [1.807, 2.05) is 29.8 Å². The molecule has 1 unspecified atom stereocenters. The van der Waals surface area contributed by atoms with Gasteiger partial charge in [0.2, 0.25) is 0 Å². The second kappa shape index (κ2) is 7.22. The maximum Gasteiger partial charge on any atom is 0.124 e. The van der Waals surface area contributed by atoms with Gasteiger partial charge < -0.3 is 14.9 Å². The van der Waals surface area contributed by atoms with Crippen LogP contribution in [-0.2, 0) is 31.9 Å². The van der Waals surface area contributed by atoms with E-state index >= 15 is 0 Å². The highest BCUT2D eigenvalue weighted by Crippen LogP contribution is 2.34. The van der Waals surface area contributed by atoms with Crippen molar-refractivity contribution in [3.8, 4) is 0 Å². The van der Waals surface area contributed by atoms with Crippen molar-refractivity contribution in [2.75, 3.05) is 0 Å². The third-order valence-electron chi connectivity index (χ3n) is 5.71. The number of hydrogen-bond donors (Lipinski definition) is 1. The fraction of sp³-hybridized carbons (Fsp3) is 0.364. The Morgan fingerprint density at radius 2 is 1.68 bits per heavy atom. The lowest BCUT2D eigenvalue weighted by Gasteiger charge is -2.30. The molecule has 4 aromatic rings. The number of imidazole rings is 2. The molecule has 0 spiro atoms. The summed E-state index contributed by atoms with van der Waals surface area (Å²) in [7, 11) is 4.06. The van der Waals surface area contributed by atoms with Crippen LogP contribution < -0.4 is 5.73 Å². The van der Waals surface area contributed by atoms with E-state index in [-0.39, 0.29) is 0 Å². The van der Waals surface area contributed by atoms with Gasteiger partial charge in [0.1, 0.15) is 11.6 Å². The quantitative estimate of drug-likeness (QED) is 0.492. The monoisotopic (exact) mass is 395 g/mol. The van der Waals surface area contributed by atoms with Crippen molar-refractivity contribution in [3.05, 3.63) is 59.7 Å². The van der Waals surface area contributed by atoms with E-state index in [1.165, 1.54) is 0 Å². The molecule has 0 aliphatic carbocycles. The number of aromatic nitrogens is 4. The van der Waals surface area contributed by atoms with Crippen LogP contribution in [0.5, 0.6) is 0 Å². The van der Waals surface area contributed by atoms with Crippen LogP contribution in [0.2, 0.25) is 0 Å². The van der Waals surface area contributed by atoms with Crippen LogP contribution in [0, 0.1) is 0 Å². The maximum atomic E-state index is 7.08. The zero-order chi connectivity index (χ0) is 19.9. The molecule has 0 aliphatic heterocycles. The van der Waals surface area contributed by atoms with Crippen molar-refractivity contribution >= 4 is 33.7 Å². The largest absolute Gasteiger partial charge is 0.331 e. The SMILES string of the molecule is CCCC(N)(Cc1nc2ccccc2n1C)c1cccc2c1nc(CCl)n2C. The van der Waals surface area contributed by atoms with E-state index in [9.17, 15) is 0 Å². The number of rotatable bonds is 6. The van der Waals surface area contributed by atoms with Crippen LogP contribution in [-0.4, -0.2) is 19.1 Å². The molecule has 0 bridgehead atoms. The lowest BCUT2D eigenvalue weighted by molar-refractivity contribution is 0.391. The molecule has 0 saturated carbocycles. The van der Waals surface area contributed by atoms with Crippen LogP contribution in [0.3, 0.4) is 0 Å². The molecule has 5 nitrogen and oxygen atoms in total. The summed E-state index contributed by atoms with van der Waals surface area (Å²) in [4.78, 5) is 9.67. The first kappa shape index (κ1) is 19.0. The number of benzene rings is 2. The van der Waals surface area contributed by atoms with Crippen molar-refractivity contribution in [2.24, 2.45) is 19.8 Å². The van der Waals surface area contributed by atoms with Gasteiger partial charge in [0.15, 0.2) is 0 Å². The van der Waals surface area contributed by atoms with Gasteiger partial charge >= 0.3 is 0 Å². The summed E-state index contributed by atoms with van der Waals surface area (Å²) < 4.78 is 4.20. The molecule has 2 aromatic heterocycles. The minimum absolute atomic E-state index is 0.376. The highest BCUT2D eigenvalue weighted by Gasteiger charge is 2.32. The van der Waals surface area contributed by atoms with Gasteiger partial charge in [-0.25, -0.2) is 9.97 Å². The van der Waals surface area contributed by atoms with Crippen LogP contribution in [0.25, 0.3) is 22.1 Å². The van der Waals surface area contributed by atoms with Crippen LogP contribution >= 0.6 is 11.6 Å². The Balaban J connectivity index is 1.86. The summed E-state index contributed by atoms with van der Waals surface area (Å²) in [6.07, 6.45) is 2.48. The number of nitrogens with zero attached hydrogens (tertiary/aromatic N) is 4. The van der Waals surface area contributed by atoms with Crippen LogP contribution in [0.1, 0.15) is 37.0 Å². The molecule has 0 fully saturated rings.